The summed E-state index contributed by atoms with van der Waals surface area (Å²) in [6.07, 6.45) is -4.57. The Kier molecular flexibility index (Phi) is 5.15. The van der Waals surface area contributed by atoms with Gasteiger partial charge in [0.2, 0.25) is 0 Å². The third-order valence-corrected chi connectivity index (χ3v) is 5.03. The van der Waals surface area contributed by atoms with E-state index in [-0.39, 0.29) is 5.56 Å². The number of nitrogens with zero attached hydrogens (tertiary/aromatic N) is 1. The van der Waals surface area contributed by atoms with Gasteiger partial charge < -0.3 is 5.32 Å². The van der Waals surface area contributed by atoms with E-state index in [4.69, 9.17) is 11.6 Å². The van der Waals surface area contributed by atoms with Crippen molar-refractivity contribution in [2.45, 2.75) is 12.2 Å². The molecule has 3 rings (SSSR count). The van der Waals surface area contributed by atoms with E-state index in [0.717, 1.165) is 11.6 Å². The Hall–Kier alpha value is -1.15. The van der Waals surface area contributed by atoms with Gasteiger partial charge in [-0.3, -0.25) is 4.90 Å². The van der Waals surface area contributed by atoms with Crippen LogP contribution < -0.4 is 5.32 Å². The topological polar surface area (TPSA) is 15.3 Å². The molecule has 8 heteroatoms. The molecule has 24 heavy (non-hydrogen) atoms. The summed E-state index contributed by atoms with van der Waals surface area (Å²) >= 11 is 7.19. The van der Waals surface area contributed by atoms with Gasteiger partial charge in [-0.1, -0.05) is 11.6 Å². The van der Waals surface area contributed by atoms with Crippen LogP contribution in [0.25, 0.3) is 0 Å². The van der Waals surface area contributed by atoms with Crippen LogP contribution >= 0.6 is 22.9 Å². The summed E-state index contributed by atoms with van der Waals surface area (Å²) in [6, 6.07) is 2.75. The van der Waals surface area contributed by atoms with E-state index in [1.807, 2.05) is 21.7 Å². The van der Waals surface area contributed by atoms with Crippen LogP contribution in [0.2, 0.25) is 5.02 Å². The normalized spacial score (nSPS) is 17.9. The molecule has 0 amide bonds. The van der Waals surface area contributed by atoms with Crippen molar-refractivity contribution in [1.82, 2.24) is 10.2 Å². The van der Waals surface area contributed by atoms with Crippen LogP contribution in [0.5, 0.6) is 0 Å². The number of benzene rings is 1. The molecule has 2 nitrogen and oxygen atoms in total. The zero-order valence-corrected chi connectivity index (χ0v) is 14.1. The first-order valence-corrected chi connectivity index (χ1v) is 8.73. The third kappa shape index (κ3) is 3.59. The molecule has 0 saturated carbocycles. The Morgan fingerprint density at radius 3 is 2.50 bits per heavy atom. The lowest BCUT2D eigenvalue weighted by Crippen LogP contribution is -2.45. The maximum absolute atomic E-state index is 14.6. The number of piperazine rings is 1. The number of hydrogen-bond donors (Lipinski definition) is 1. The van der Waals surface area contributed by atoms with Gasteiger partial charge in [0.15, 0.2) is 0 Å². The standard InChI is InChI=1S/C16H15ClF4N2S/c17-13-8-11(16(19,20)21)7-12(14(13)18)15(10-1-6-24-9-10)23-4-2-22-3-5-23/h1,6-9,15,22H,2-5H2/t15-/m1/s1. The Balaban J connectivity index is 2.12. The van der Waals surface area contributed by atoms with E-state index >= 15 is 0 Å². The van der Waals surface area contributed by atoms with E-state index in [1.165, 1.54) is 11.3 Å². The summed E-state index contributed by atoms with van der Waals surface area (Å²) in [5.74, 6) is -0.792. The summed E-state index contributed by atoms with van der Waals surface area (Å²) in [4.78, 5) is 1.98. The van der Waals surface area contributed by atoms with Gasteiger partial charge in [-0.25, -0.2) is 4.39 Å². The summed E-state index contributed by atoms with van der Waals surface area (Å²) < 4.78 is 54.0. The van der Waals surface area contributed by atoms with Crippen molar-refractivity contribution in [3.63, 3.8) is 0 Å². The summed E-state index contributed by atoms with van der Waals surface area (Å²) in [5, 5.41) is 6.35. The minimum atomic E-state index is -4.57. The molecule has 1 N–H and O–H groups in total. The predicted molar refractivity (Wildman–Crippen MR) is 87.0 cm³/mol. The number of halogens is 5. The average molecular weight is 379 g/mol. The second kappa shape index (κ2) is 7.00. The first-order chi connectivity index (χ1) is 11.4. The van der Waals surface area contributed by atoms with E-state index in [2.05, 4.69) is 5.32 Å². The molecule has 0 radical (unpaired) electrons. The molecule has 2 aromatic rings. The average Bonchev–Trinajstić information content (AvgIpc) is 3.05. The Morgan fingerprint density at radius 2 is 1.92 bits per heavy atom. The van der Waals surface area contributed by atoms with E-state index < -0.39 is 28.6 Å². The van der Waals surface area contributed by atoms with Crippen molar-refractivity contribution < 1.29 is 17.6 Å². The van der Waals surface area contributed by atoms with Gasteiger partial charge in [0.05, 0.1) is 16.6 Å². The Morgan fingerprint density at radius 1 is 1.21 bits per heavy atom. The molecule has 130 valence electrons. The fraction of sp³-hybridized carbons (Fsp3) is 0.375. The van der Waals surface area contributed by atoms with Gasteiger partial charge in [0, 0.05) is 31.7 Å². The highest BCUT2D eigenvalue weighted by Crippen LogP contribution is 2.39. The minimum absolute atomic E-state index is 0.0323. The van der Waals surface area contributed by atoms with E-state index in [0.29, 0.717) is 32.2 Å². The molecule has 1 aromatic heterocycles. The highest BCUT2D eigenvalue weighted by molar-refractivity contribution is 7.08. The van der Waals surface area contributed by atoms with Crippen molar-refractivity contribution in [2.75, 3.05) is 26.2 Å². The highest BCUT2D eigenvalue weighted by atomic mass is 35.5. The second-order valence-electron chi connectivity index (χ2n) is 5.60. The van der Waals surface area contributed by atoms with Crippen molar-refractivity contribution in [1.29, 1.82) is 0 Å². The molecule has 0 spiro atoms. The smallest absolute Gasteiger partial charge is 0.314 e. The number of nitrogens with one attached hydrogen (secondary N) is 1. The zero-order chi connectivity index (χ0) is 17.3. The Bertz CT molecular complexity index is 697. The van der Waals surface area contributed by atoms with Gasteiger partial charge in [0.1, 0.15) is 5.82 Å². The van der Waals surface area contributed by atoms with Crippen LogP contribution in [0.15, 0.2) is 29.0 Å². The molecular weight excluding hydrogens is 364 g/mol. The molecule has 1 fully saturated rings. The quantitative estimate of drug-likeness (QED) is 0.788. The zero-order valence-electron chi connectivity index (χ0n) is 12.5. The maximum atomic E-state index is 14.6. The summed E-state index contributed by atoms with van der Waals surface area (Å²) in [5.41, 5.74) is -0.189. The first kappa shape index (κ1) is 17.7. The van der Waals surface area contributed by atoms with Crippen molar-refractivity contribution >= 4 is 22.9 Å². The van der Waals surface area contributed by atoms with Crippen LogP contribution in [0.3, 0.4) is 0 Å². The fourth-order valence-corrected chi connectivity index (χ4v) is 3.84. The molecular formula is C16H15ClF4N2S. The maximum Gasteiger partial charge on any atom is 0.416 e. The fourth-order valence-electron chi connectivity index (χ4n) is 2.93. The molecule has 0 aliphatic carbocycles. The van der Waals surface area contributed by atoms with Crippen molar-refractivity contribution in [2.24, 2.45) is 0 Å². The molecule has 1 aliphatic heterocycles. The van der Waals surface area contributed by atoms with Crippen molar-refractivity contribution in [3.8, 4) is 0 Å². The molecule has 0 unspecified atom stereocenters. The van der Waals surface area contributed by atoms with E-state index in [9.17, 15) is 17.6 Å². The van der Waals surface area contributed by atoms with Gasteiger partial charge in [-0.2, -0.15) is 24.5 Å². The molecule has 2 heterocycles. The van der Waals surface area contributed by atoms with Gasteiger partial charge in [-0.05, 0) is 34.5 Å². The first-order valence-electron chi connectivity index (χ1n) is 7.41. The highest BCUT2D eigenvalue weighted by Gasteiger charge is 2.35. The number of thiophene rings is 1. The molecule has 1 aromatic carbocycles. The number of alkyl halides is 3. The summed E-state index contributed by atoms with van der Waals surface area (Å²) in [6.45, 7) is 2.64. The number of rotatable bonds is 3. The van der Waals surface area contributed by atoms with Crippen LogP contribution in [-0.2, 0) is 6.18 Å². The van der Waals surface area contributed by atoms with Crippen LogP contribution in [0, 0.1) is 5.82 Å². The van der Waals surface area contributed by atoms with Gasteiger partial charge in [-0.15, -0.1) is 0 Å². The molecule has 0 bridgehead atoms. The molecule has 1 saturated heterocycles. The Labute approximate surface area is 146 Å². The van der Waals surface area contributed by atoms with Crippen LogP contribution in [0.4, 0.5) is 17.6 Å². The minimum Gasteiger partial charge on any atom is -0.314 e. The summed E-state index contributed by atoms with van der Waals surface area (Å²) in [7, 11) is 0. The largest absolute Gasteiger partial charge is 0.416 e. The SMILES string of the molecule is Fc1c(Cl)cc(C(F)(F)F)cc1[C@@H](c1ccsc1)N1CCNCC1. The van der Waals surface area contributed by atoms with Crippen LogP contribution in [-0.4, -0.2) is 31.1 Å². The lowest BCUT2D eigenvalue weighted by atomic mass is 9.96. The second-order valence-corrected chi connectivity index (χ2v) is 6.79. The molecule has 1 aliphatic rings. The number of hydrogen-bond acceptors (Lipinski definition) is 3. The third-order valence-electron chi connectivity index (χ3n) is 4.05. The van der Waals surface area contributed by atoms with Gasteiger partial charge >= 0.3 is 6.18 Å². The molecule has 1 atom stereocenters. The van der Waals surface area contributed by atoms with Crippen molar-refractivity contribution in [3.05, 3.63) is 56.5 Å². The lowest BCUT2D eigenvalue weighted by molar-refractivity contribution is -0.137. The monoisotopic (exact) mass is 378 g/mol. The van der Waals surface area contributed by atoms with Crippen LogP contribution in [0.1, 0.15) is 22.7 Å². The lowest BCUT2D eigenvalue weighted by Gasteiger charge is -2.35. The van der Waals surface area contributed by atoms with E-state index in [1.54, 1.807) is 0 Å². The van der Waals surface area contributed by atoms with Gasteiger partial charge in [0.25, 0.3) is 0 Å². The predicted octanol–water partition coefficient (Wildman–Crippen LogP) is 4.55.